The molecule has 0 saturated carbocycles. The van der Waals surface area contributed by atoms with E-state index in [0.29, 0.717) is 6.07 Å². The molecule has 25 heavy (non-hydrogen) atoms. The standard InChI is InChI=1S/C15H8O10/c16-11(17)4-1-2-5(12(18)19)8-6(4)3-7(13(20)21)9(14(22)23)10(8)15(24)25/h1-3H,(H,16,17)(H,18,19)(H,20,21)(H,22,23)(H,24,25). The average molecular weight is 348 g/mol. The Morgan fingerprint density at radius 3 is 1.40 bits per heavy atom. The second-order valence-corrected chi connectivity index (χ2v) is 4.78. The molecule has 0 spiro atoms. The van der Waals surface area contributed by atoms with E-state index in [4.69, 9.17) is 5.11 Å². The number of carboxylic acids is 5. The molecule has 0 aliphatic heterocycles. The van der Waals surface area contributed by atoms with Gasteiger partial charge in [0.1, 0.15) is 0 Å². The number of rotatable bonds is 5. The molecule has 2 aromatic carbocycles. The monoisotopic (exact) mass is 348 g/mol. The molecule has 0 unspecified atom stereocenters. The van der Waals surface area contributed by atoms with Crippen molar-refractivity contribution in [3.05, 3.63) is 46.0 Å². The second kappa shape index (κ2) is 5.92. The maximum atomic E-state index is 11.6. The van der Waals surface area contributed by atoms with Gasteiger partial charge in [0.05, 0.1) is 27.8 Å². The molecule has 0 amide bonds. The summed E-state index contributed by atoms with van der Waals surface area (Å²) in [7, 11) is 0. The minimum atomic E-state index is -1.91. The number of aromatic carboxylic acids is 5. The molecule has 0 heterocycles. The fourth-order valence-electron chi connectivity index (χ4n) is 2.48. The fourth-order valence-corrected chi connectivity index (χ4v) is 2.48. The molecule has 10 heteroatoms. The van der Waals surface area contributed by atoms with Gasteiger partial charge < -0.3 is 25.5 Å². The SMILES string of the molecule is O=C(O)c1cc2c(C(=O)O)ccc(C(=O)O)c2c(C(=O)O)c1C(=O)O. The van der Waals surface area contributed by atoms with E-state index in [1.807, 2.05) is 0 Å². The van der Waals surface area contributed by atoms with Crippen molar-refractivity contribution in [1.29, 1.82) is 0 Å². The van der Waals surface area contributed by atoms with Gasteiger partial charge in [-0.05, 0) is 23.6 Å². The van der Waals surface area contributed by atoms with Crippen LogP contribution in [0.15, 0.2) is 18.2 Å². The largest absolute Gasteiger partial charge is 0.478 e. The summed E-state index contributed by atoms with van der Waals surface area (Å²) < 4.78 is 0. The first-order valence-corrected chi connectivity index (χ1v) is 6.38. The lowest BCUT2D eigenvalue weighted by Crippen LogP contribution is -2.17. The molecular formula is C15H8O10. The Kier molecular flexibility index (Phi) is 4.12. The molecule has 0 saturated heterocycles. The highest BCUT2D eigenvalue weighted by atomic mass is 16.4. The van der Waals surface area contributed by atoms with Crippen molar-refractivity contribution in [1.82, 2.24) is 0 Å². The van der Waals surface area contributed by atoms with Crippen LogP contribution in [0.2, 0.25) is 0 Å². The first kappa shape index (κ1) is 17.4. The Morgan fingerprint density at radius 1 is 0.560 bits per heavy atom. The number of fused-ring (bicyclic) bond motifs is 1. The Hall–Kier alpha value is -3.95. The highest BCUT2D eigenvalue weighted by molar-refractivity contribution is 6.23. The van der Waals surface area contributed by atoms with Crippen LogP contribution in [0.25, 0.3) is 10.8 Å². The number of hydrogen-bond acceptors (Lipinski definition) is 5. The normalized spacial score (nSPS) is 10.4. The number of carboxylic acid groups (broad SMARTS) is 5. The van der Waals surface area contributed by atoms with Gasteiger partial charge in [-0.1, -0.05) is 0 Å². The molecule has 0 bridgehead atoms. The van der Waals surface area contributed by atoms with Crippen molar-refractivity contribution in [3.8, 4) is 0 Å². The molecule has 0 aliphatic rings. The van der Waals surface area contributed by atoms with Crippen molar-refractivity contribution in [2.45, 2.75) is 0 Å². The van der Waals surface area contributed by atoms with E-state index < -0.39 is 68.4 Å². The van der Waals surface area contributed by atoms with Crippen molar-refractivity contribution < 1.29 is 49.5 Å². The maximum absolute atomic E-state index is 11.6. The number of hydrogen-bond donors (Lipinski definition) is 5. The Morgan fingerprint density at radius 2 is 1.00 bits per heavy atom. The van der Waals surface area contributed by atoms with E-state index in [2.05, 4.69) is 0 Å². The summed E-state index contributed by atoms with van der Waals surface area (Å²) in [5.74, 6) is -8.83. The Bertz CT molecular complexity index is 986. The lowest BCUT2D eigenvalue weighted by Gasteiger charge is -2.14. The van der Waals surface area contributed by atoms with Gasteiger partial charge in [-0.3, -0.25) is 0 Å². The summed E-state index contributed by atoms with van der Waals surface area (Å²) in [5.41, 5.74) is -4.46. The summed E-state index contributed by atoms with van der Waals surface area (Å²) in [4.78, 5) is 57.0. The van der Waals surface area contributed by atoms with Gasteiger partial charge in [-0.15, -0.1) is 0 Å². The average Bonchev–Trinajstić information content (AvgIpc) is 2.50. The number of carbonyl (C=O) groups is 5. The quantitative estimate of drug-likeness (QED) is 0.527. The molecule has 5 N–H and O–H groups in total. The predicted molar refractivity (Wildman–Crippen MR) is 78.7 cm³/mol. The van der Waals surface area contributed by atoms with E-state index in [9.17, 15) is 44.4 Å². The Labute approximate surface area is 137 Å². The van der Waals surface area contributed by atoms with E-state index in [0.717, 1.165) is 12.1 Å². The fraction of sp³-hybridized carbons (Fsp3) is 0. The van der Waals surface area contributed by atoms with Gasteiger partial charge in [-0.2, -0.15) is 0 Å². The van der Waals surface area contributed by atoms with Crippen LogP contribution in [0, 0.1) is 0 Å². The highest BCUT2D eigenvalue weighted by Gasteiger charge is 2.31. The molecular weight excluding hydrogens is 340 g/mol. The summed E-state index contributed by atoms with van der Waals surface area (Å²) in [6, 6.07) is 2.32. The van der Waals surface area contributed by atoms with Crippen molar-refractivity contribution in [2.24, 2.45) is 0 Å². The van der Waals surface area contributed by atoms with Crippen LogP contribution < -0.4 is 0 Å². The molecule has 10 nitrogen and oxygen atoms in total. The third kappa shape index (κ3) is 2.72. The second-order valence-electron chi connectivity index (χ2n) is 4.78. The molecule has 0 fully saturated rings. The summed E-state index contributed by atoms with van der Waals surface area (Å²) in [5, 5.41) is 45.0. The first-order valence-electron chi connectivity index (χ1n) is 6.38. The molecule has 0 radical (unpaired) electrons. The zero-order valence-corrected chi connectivity index (χ0v) is 12.0. The van der Waals surface area contributed by atoms with Gasteiger partial charge in [0.15, 0.2) is 0 Å². The molecule has 0 atom stereocenters. The molecule has 2 rings (SSSR count). The van der Waals surface area contributed by atoms with Crippen LogP contribution in [0.5, 0.6) is 0 Å². The minimum Gasteiger partial charge on any atom is -0.478 e. The molecule has 2 aromatic rings. The summed E-state index contributed by atoms with van der Waals surface area (Å²) in [6.45, 7) is 0. The van der Waals surface area contributed by atoms with E-state index in [1.165, 1.54) is 0 Å². The molecule has 0 aliphatic carbocycles. The van der Waals surface area contributed by atoms with Gasteiger partial charge in [-0.25, -0.2) is 24.0 Å². The zero-order chi connectivity index (χ0) is 19.0. The third-order valence-electron chi connectivity index (χ3n) is 3.42. The van der Waals surface area contributed by atoms with Crippen LogP contribution in [0.3, 0.4) is 0 Å². The van der Waals surface area contributed by atoms with Crippen LogP contribution in [-0.4, -0.2) is 55.4 Å². The third-order valence-corrected chi connectivity index (χ3v) is 3.42. The zero-order valence-electron chi connectivity index (χ0n) is 12.0. The van der Waals surface area contributed by atoms with Gasteiger partial charge in [0.2, 0.25) is 0 Å². The summed E-state index contributed by atoms with van der Waals surface area (Å²) in [6.07, 6.45) is 0. The summed E-state index contributed by atoms with van der Waals surface area (Å²) >= 11 is 0. The molecule has 128 valence electrons. The van der Waals surface area contributed by atoms with Crippen LogP contribution in [0.4, 0.5) is 0 Å². The van der Waals surface area contributed by atoms with E-state index >= 15 is 0 Å². The van der Waals surface area contributed by atoms with Gasteiger partial charge in [0.25, 0.3) is 0 Å². The minimum absolute atomic E-state index is 0.507. The number of benzene rings is 2. The van der Waals surface area contributed by atoms with Crippen LogP contribution >= 0.6 is 0 Å². The first-order chi connectivity index (χ1) is 11.6. The van der Waals surface area contributed by atoms with Crippen LogP contribution in [-0.2, 0) is 0 Å². The van der Waals surface area contributed by atoms with Gasteiger partial charge in [0, 0.05) is 5.39 Å². The van der Waals surface area contributed by atoms with Crippen molar-refractivity contribution in [3.63, 3.8) is 0 Å². The van der Waals surface area contributed by atoms with Crippen molar-refractivity contribution in [2.75, 3.05) is 0 Å². The lowest BCUT2D eigenvalue weighted by molar-refractivity contribution is 0.0634. The van der Waals surface area contributed by atoms with E-state index in [-0.39, 0.29) is 0 Å². The maximum Gasteiger partial charge on any atom is 0.337 e. The Balaban J connectivity index is 3.29. The van der Waals surface area contributed by atoms with Crippen molar-refractivity contribution >= 4 is 40.6 Å². The highest BCUT2D eigenvalue weighted by Crippen LogP contribution is 2.32. The van der Waals surface area contributed by atoms with E-state index in [1.54, 1.807) is 0 Å². The van der Waals surface area contributed by atoms with Crippen LogP contribution in [0.1, 0.15) is 51.8 Å². The predicted octanol–water partition coefficient (Wildman–Crippen LogP) is 1.33. The smallest absolute Gasteiger partial charge is 0.337 e. The lowest BCUT2D eigenvalue weighted by atomic mass is 9.88. The topological polar surface area (TPSA) is 186 Å². The molecule has 0 aromatic heterocycles. The van der Waals surface area contributed by atoms with Gasteiger partial charge >= 0.3 is 29.8 Å².